The summed E-state index contributed by atoms with van der Waals surface area (Å²) in [7, 11) is 0. The van der Waals surface area contributed by atoms with Crippen molar-refractivity contribution in [3.63, 3.8) is 0 Å². The van der Waals surface area contributed by atoms with Crippen LogP contribution in [0.1, 0.15) is 27.0 Å². The molecule has 0 radical (unpaired) electrons. The summed E-state index contributed by atoms with van der Waals surface area (Å²) < 4.78 is 0. The SMILES string of the molecule is Cc1ccc(C(=O)NNC(=O)CNC(=O)/C=C/c2ccccc2)c(C)c1. The van der Waals surface area contributed by atoms with Gasteiger partial charge >= 0.3 is 0 Å². The van der Waals surface area contributed by atoms with Crippen molar-refractivity contribution >= 4 is 23.8 Å². The Hall–Kier alpha value is -3.41. The number of carbonyl (C=O) groups excluding carboxylic acids is 3. The van der Waals surface area contributed by atoms with Crippen LogP contribution in [0.2, 0.25) is 0 Å². The molecule has 0 fully saturated rings. The molecule has 0 aromatic heterocycles. The number of carbonyl (C=O) groups is 3. The largest absolute Gasteiger partial charge is 0.343 e. The van der Waals surface area contributed by atoms with E-state index in [0.29, 0.717) is 5.56 Å². The average Bonchev–Trinajstić information content (AvgIpc) is 2.63. The van der Waals surface area contributed by atoms with Gasteiger partial charge in [-0.05, 0) is 37.1 Å². The molecule has 6 nitrogen and oxygen atoms in total. The van der Waals surface area contributed by atoms with Crippen molar-refractivity contribution in [1.29, 1.82) is 0 Å². The standard InChI is InChI=1S/C20H21N3O3/c1-14-8-10-17(15(2)12-14)20(26)23-22-19(25)13-21-18(24)11-9-16-6-4-3-5-7-16/h3-12H,13H2,1-2H3,(H,21,24)(H,22,25)(H,23,26)/b11-9+. The molecule has 2 aromatic rings. The first-order valence-electron chi connectivity index (χ1n) is 8.13. The highest BCUT2D eigenvalue weighted by atomic mass is 16.2. The molecule has 0 unspecified atom stereocenters. The molecule has 0 aliphatic carbocycles. The number of hydrogen-bond donors (Lipinski definition) is 3. The van der Waals surface area contributed by atoms with Gasteiger partial charge in [0.25, 0.3) is 11.8 Å². The molecule has 3 amide bonds. The summed E-state index contributed by atoms with van der Waals surface area (Å²) in [6.07, 6.45) is 2.99. The summed E-state index contributed by atoms with van der Waals surface area (Å²) in [5.74, 6) is -1.33. The average molecular weight is 351 g/mol. The highest BCUT2D eigenvalue weighted by molar-refractivity contribution is 5.97. The first kappa shape index (κ1) is 18.9. The van der Waals surface area contributed by atoms with E-state index < -0.39 is 17.7 Å². The lowest BCUT2D eigenvalue weighted by Gasteiger charge is -2.10. The lowest BCUT2D eigenvalue weighted by Crippen LogP contribution is -2.46. The van der Waals surface area contributed by atoms with E-state index in [4.69, 9.17) is 0 Å². The van der Waals surface area contributed by atoms with Gasteiger partial charge in [0.15, 0.2) is 0 Å². The van der Waals surface area contributed by atoms with Gasteiger partial charge in [0.1, 0.15) is 0 Å². The topological polar surface area (TPSA) is 87.3 Å². The van der Waals surface area contributed by atoms with Crippen LogP contribution in [0.4, 0.5) is 0 Å². The van der Waals surface area contributed by atoms with Crippen molar-refractivity contribution in [2.45, 2.75) is 13.8 Å². The van der Waals surface area contributed by atoms with E-state index in [-0.39, 0.29) is 6.54 Å². The first-order chi connectivity index (χ1) is 12.5. The smallest absolute Gasteiger partial charge is 0.269 e. The van der Waals surface area contributed by atoms with Crippen LogP contribution in [-0.2, 0) is 9.59 Å². The van der Waals surface area contributed by atoms with E-state index in [2.05, 4.69) is 16.2 Å². The van der Waals surface area contributed by atoms with Crippen molar-refractivity contribution in [3.8, 4) is 0 Å². The zero-order valence-electron chi connectivity index (χ0n) is 14.7. The highest BCUT2D eigenvalue weighted by Gasteiger charge is 2.10. The Bertz CT molecular complexity index is 829. The third-order valence-corrected chi connectivity index (χ3v) is 3.59. The van der Waals surface area contributed by atoms with E-state index in [9.17, 15) is 14.4 Å². The summed E-state index contributed by atoms with van der Waals surface area (Å²) >= 11 is 0. The molecule has 3 N–H and O–H groups in total. The zero-order valence-corrected chi connectivity index (χ0v) is 14.7. The third kappa shape index (κ3) is 5.90. The fourth-order valence-electron chi connectivity index (χ4n) is 2.27. The van der Waals surface area contributed by atoms with Gasteiger partial charge in [-0.1, -0.05) is 48.0 Å². The second-order valence-corrected chi connectivity index (χ2v) is 5.78. The minimum atomic E-state index is -0.524. The number of amides is 3. The van der Waals surface area contributed by atoms with Crippen LogP contribution in [0.3, 0.4) is 0 Å². The van der Waals surface area contributed by atoms with Crippen LogP contribution in [0, 0.1) is 13.8 Å². The second-order valence-electron chi connectivity index (χ2n) is 5.78. The fourth-order valence-corrected chi connectivity index (χ4v) is 2.27. The van der Waals surface area contributed by atoms with Gasteiger partial charge in [0.2, 0.25) is 5.91 Å². The van der Waals surface area contributed by atoms with Gasteiger partial charge in [0, 0.05) is 11.6 Å². The molecular weight excluding hydrogens is 330 g/mol. The van der Waals surface area contributed by atoms with E-state index >= 15 is 0 Å². The Balaban J connectivity index is 1.75. The van der Waals surface area contributed by atoms with Gasteiger partial charge in [-0.25, -0.2) is 0 Å². The number of hydrazine groups is 1. The summed E-state index contributed by atoms with van der Waals surface area (Å²) in [6.45, 7) is 3.51. The van der Waals surface area contributed by atoms with Gasteiger partial charge < -0.3 is 5.32 Å². The summed E-state index contributed by atoms with van der Waals surface area (Å²) in [4.78, 5) is 35.5. The molecular formula is C20H21N3O3. The fraction of sp³-hybridized carbons (Fsp3) is 0.150. The molecule has 2 rings (SSSR count). The molecule has 0 saturated heterocycles. The highest BCUT2D eigenvalue weighted by Crippen LogP contribution is 2.09. The Morgan fingerprint density at radius 1 is 0.962 bits per heavy atom. The van der Waals surface area contributed by atoms with Gasteiger partial charge in [-0.3, -0.25) is 25.2 Å². The van der Waals surface area contributed by atoms with Crippen LogP contribution in [-0.4, -0.2) is 24.3 Å². The Morgan fingerprint density at radius 2 is 1.69 bits per heavy atom. The quantitative estimate of drug-likeness (QED) is 0.568. The van der Waals surface area contributed by atoms with Crippen molar-refractivity contribution in [3.05, 3.63) is 76.9 Å². The van der Waals surface area contributed by atoms with Crippen LogP contribution in [0.5, 0.6) is 0 Å². The van der Waals surface area contributed by atoms with Gasteiger partial charge in [-0.15, -0.1) is 0 Å². The summed E-state index contributed by atoms with van der Waals surface area (Å²) in [5.41, 5.74) is 7.83. The summed E-state index contributed by atoms with van der Waals surface area (Å²) in [5, 5.41) is 2.45. The van der Waals surface area contributed by atoms with Crippen LogP contribution >= 0.6 is 0 Å². The van der Waals surface area contributed by atoms with Crippen molar-refractivity contribution < 1.29 is 14.4 Å². The molecule has 0 heterocycles. The normalized spacial score (nSPS) is 10.4. The molecule has 134 valence electrons. The van der Waals surface area contributed by atoms with Crippen molar-refractivity contribution in [1.82, 2.24) is 16.2 Å². The third-order valence-electron chi connectivity index (χ3n) is 3.59. The molecule has 0 aliphatic rings. The zero-order chi connectivity index (χ0) is 18.9. The lowest BCUT2D eigenvalue weighted by atomic mass is 10.1. The first-order valence-corrected chi connectivity index (χ1v) is 8.13. The van der Waals surface area contributed by atoms with Gasteiger partial charge in [0.05, 0.1) is 6.54 Å². The van der Waals surface area contributed by atoms with Crippen molar-refractivity contribution in [2.24, 2.45) is 0 Å². The molecule has 0 atom stereocenters. The van der Waals surface area contributed by atoms with E-state index in [1.54, 1.807) is 12.1 Å². The number of hydrogen-bond acceptors (Lipinski definition) is 3. The van der Waals surface area contributed by atoms with E-state index in [0.717, 1.165) is 16.7 Å². The van der Waals surface area contributed by atoms with Crippen molar-refractivity contribution in [2.75, 3.05) is 6.54 Å². The molecule has 2 aromatic carbocycles. The van der Waals surface area contributed by atoms with Crippen LogP contribution in [0.25, 0.3) is 6.08 Å². The van der Waals surface area contributed by atoms with Gasteiger partial charge in [-0.2, -0.15) is 0 Å². The minimum absolute atomic E-state index is 0.245. The molecule has 0 aliphatic heterocycles. The molecule has 26 heavy (non-hydrogen) atoms. The Kier molecular flexibility index (Phi) is 6.68. The summed E-state index contributed by atoms with van der Waals surface area (Å²) in [6, 6.07) is 14.7. The molecule has 0 spiro atoms. The minimum Gasteiger partial charge on any atom is -0.343 e. The predicted molar refractivity (Wildman–Crippen MR) is 100 cm³/mol. The van der Waals surface area contributed by atoms with E-state index in [1.165, 1.54) is 6.08 Å². The maximum atomic E-state index is 12.1. The number of rotatable bonds is 5. The number of nitrogens with one attached hydrogen (secondary N) is 3. The Labute approximate surface area is 152 Å². The second kappa shape index (κ2) is 9.17. The molecule has 0 bridgehead atoms. The van der Waals surface area contributed by atoms with E-state index in [1.807, 2.05) is 56.3 Å². The lowest BCUT2D eigenvalue weighted by molar-refractivity contribution is -0.124. The monoisotopic (exact) mass is 351 g/mol. The maximum Gasteiger partial charge on any atom is 0.269 e. The predicted octanol–water partition coefficient (Wildman–Crippen LogP) is 1.89. The number of aryl methyl sites for hydroxylation is 2. The molecule has 0 saturated carbocycles. The maximum absolute atomic E-state index is 12.1. The van der Waals surface area contributed by atoms with Crippen LogP contribution in [0.15, 0.2) is 54.6 Å². The van der Waals surface area contributed by atoms with Crippen LogP contribution < -0.4 is 16.2 Å². The molecule has 6 heteroatoms. The Morgan fingerprint density at radius 3 is 2.38 bits per heavy atom. The number of benzene rings is 2.